The van der Waals surface area contributed by atoms with E-state index in [4.69, 9.17) is 0 Å². The van der Waals surface area contributed by atoms with E-state index in [1.165, 1.54) is 0 Å². The molecular formula is C3H4F2O2. The highest BCUT2D eigenvalue weighted by atomic mass is 19.3. The molecule has 0 aliphatic rings. The fraction of sp³-hybridized carbons (Fsp3) is 0.667. The maximum Gasteiger partial charge on any atom is 0.351 e. The second-order valence-corrected chi connectivity index (χ2v) is 0.888. The van der Waals surface area contributed by atoms with Gasteiger partial charge in [0.25, 0.3) is 0 Å². The summed E-state index contributed by atoms with van der Waals surface area (Å²) in [6, 6.07) is 0. The molecule has 2 nitrogen and oxygen atoms in total. The van der Waals surface area contributed by atoms with Crippen molar-refractivity contribution in [3.63, 3.8) is 0 Å². The smallest absolute Gasteiger partial charge is 0.255 e. The van der Waals surface area contributed by atoms with Crippen molar-refractivity contribution < 1.29 is 18.7 Å². The third-order valence-electron chi connectivity index (χ3n) is 0.385. The second kappa shape index (κ2) is 3.52. The third-order valence-corrected chi connectivity index (χ3v) is 0.385. The summed E-state index contributed by atoms with van der Waals surface area (Å²) in [5, 5.41) is 0. The largest absolute Gasteiger partial charge is 0.351 e. The van der Waals surface area contributed by atoms with E-state index in [1.807, 2.05) is 0 Å². The lowest BCUT2D eigenvalue weighted by Crippen LogP contribution is -1.96. The van der Waals surface area contributed by atoms with Crippen LogP contribution in [0.5, 0.6) is 0 Å². The summed E-state index contributed by atoms with van der Waals surface area (Å²) in [5.41, 5.74) is 0. The van der Waals surface area contributed by atoms with E-state index < -0.39 is 19.1 Å². The van der Waals surface area contributed by atoms with Gasteiger partial charge in [0, 0.05) is 4.53 Å². The Morgan fingerprint density at radius 1 is 1.71 bits per heavy atom. The van der Waals surface area contributed by atoms with E-state index in [1.54, 1.807) is 0 Å². The van der Waals surface area contributed by atoms with Crippen molar-refractivity contribution in [2.24, 2.45) is 0 Å². The molecule has 42 valence electrons. The first-order chi connectivity index (χ1) is 3.31. The van der Waals surface area contributed by atoms with E-state index in [0.29, 0.717) is 0 Å². The summed E-state index contributed by atoms with van der Waals surface area (Å²) in [7, 11) is 0. The number of alkyl halides is 1. The Labute approximate surface area is 39.0 Å². The lowest BCUT2D eigenvalue weighted by Gasteiger charge is -1.82. The molecular weight excluding hydrogens is 106 g/mol. The molecule has 0 radical (unpaired) electrons. The van der Waals surface area contributed by atoms with Gasteiger partial charge in [0.2, 0.25) is 0 Å². The summed E-state index contributed by atoms with van der Waals surface area (Å²) in [5.74, 6) is -1.16. The zero-order chi connectivity index (χ0) is 5.70. The number of carbonyl (C=O) groups is 1. The first kappa shape index (κ1) is 6.33. The van der Waals surface area contributed by atoms with Crippen LogP contribution in [0.3, 0.4) is 0 Å². The number of rotatable bonds is 2. The lowest BCUT2D eigenvalue weighted by molar-refractivity contribution is -0.183. The van der Waals surface area contributed by atoms with E-state index in [9.17, 15) is 13.7 Å². The predicted molar refractivity (Wildman–Crippen MR) is 17.8 cm³/mol. The molecule has 0 unspecified atom stereocenters. The molecule has 0 aromatic heterocycles. The van der Waals surface area contributed by atoms with Gasteiger partial charge in [-0.2, -0.15) is 0 Å². The van der Waals surface area contributed by atoms with Gasteiger partial charge in [0.05, 0.1) is 6.42 Å². The zero-order valence-electron chi connectivity index (χ0n) is 3.49. The summed E-state index contributed by atoms with van der Waals surface area (Å²) in [6.07, 6.45) is -0.503. The molecule has 0 aliphatic heterocycles. The van der Waals surface area contributed by atoms with Crippen LogP contribution in [0.1, 0.15) is 6.42 Å². The highest BCUT2D eigenvalue weighted by molar-refractivity contribution is 5.68. The maximum atomic E-state index is 11.0. The Morgan fingerprint density at radius 2 is 2.29 bits per heavy atom. The van der Waals surface area contributed by atoms with Crippen LogP contribution >= 0.6 is 0 Å². The van der Waals surface area contributed by atoms with Crippen LogP contribution in [0.25, 0.3) is 0 Å². The van der Waals surface area contributed by atoms with Crippen molar-refractivity contribution in [1.82, 2.24) is 0 Å². The minimum Gasteiger partial charge on any atom is -0.255 e. The molecule has 0 fully saturated rings. The van der Waals surface area contributed by atoms with Crippen LogP contribution in [0, 0.1) is 0 Å². The normalized spacial score (nSPS) is 8.29. The van der Waals surface area contributed by atoms with E-state index in [0.717, 1.165) is 0 Å². The van der Waals surface area contributed by atoms with E-state index in [2.05, 4.69) is 4.94 Å². The lowest BCUT2D eigenvalue weighted by atomic mass is 10.5. The van der Waals surface area contributed by atoms with Gasteiger partial charge in [0.15, 0.2) is 0 Å². The minimum absolute atomic E-state index is 0.503. The third kappa shape index (κ3) is 3.15. The SMILES string of the molecule is O=C(CCF)OF. The topological polar surface area (TPSA) is 26.3 Å². The summed E-state index contributed by atoms with van der Waals surface area (Å²) < 4.78 is 21.5. The maximum absolute atomic E-state index is 11.0. The van der Waals surface area contributed by atoms with Gasteiger partial charge in [-0.25, -0.2) is 4.79 Å². The van der Waals surface area contributed by atoms with Crippen molar-refractivity contribution in [3.05, 3.63) is 0 Å². The van der Waals surface area contributed by atoms with Gasteiger partial charge >= 0.3 is 5.97 Å². The Bertz CT molecular complexity index is 64.0. The van der Waals surface area contributed by atoms with Crippen molar-refractivity contribution in [2.75, 3.05) is 6.67 Å². The predicted octanol–water partition coefficient (Wildman–Crippen LogP) is 0.774. The molecule has 0 aliphatic carbocycles. The van der Waals surface area contributed by atoms with Crippen LogP contribution in [0.2, 0.25) is 0 Å². The Kier molecular flexibility index (Phi) is 3.18. The molecule has 0 heterocycles. The first-order valence-electron chi connectivity index (χ1n) is 1.68. The average Bonchev–Trinajstić information content (AvgIpc) is 1.68. The monoisotopic (exact) mass is 110 g/mol. The molecule has 0 bridgehead atoms. The Morgan fingerprint density at radius 3 is 2.43 bits per heavy atom. The van der Waals surface area contributed by atoms with E-state index in [-0.39, 0.29) is 0 Å². The summed E-state index contributed by atoms with van der Waals surface area (Å²) >= 11 is 0. The number of carbonyl (C=O) groups excluding carboxylic acids is 1. The van der Waals surface area contributed by atoms with Gasteiger partial charge in [-0.05, 0) is 0 Å². The van der Waals surface area contributed by atoms with Crippen LogP contribution in [-0.2, 0) is 9.74 Å². The molecule has 0 N–H and O–H groups in total. The van der Waals surface area contributed by atoms with Crippen molar-refractivity contribution in [3.8, 4) is 0 Å². The molecule has 0 amide bonds. The van der Waals surface area contributed by atoms with Gasteiger partial charge in [-0.15, -0.1) is 0 Å². The van der Waals surface area contributed by atoms with Crippen LogP contribution < -0.4 is 0 Å². The molecule has 4 heteroatoms. The molecule has 0 spiro atoms. The zero-order valence-corrected chi connectivity index (χ0v) is 3.49. The second-order valence-electron chi connectivity index (χ2n) is 0.888. The van der Waals surface area contributed by atoms with Gasteiger partial charge in [-0.3, -0.25) is 9.33 Å². The number of hydrogen-bond donors (Lipinski definition) is 0. The molecule has 0 atom stereocenters. The van der Waals surface area contributed by atoms with Crippen molar-refractivity contribution in [2.45, 2.75) is 6.42 Å². The first-order valence-corrected chi connectivity index (χ1v) is 1.68. The molecule has 0 aromatic carbocycles. The van der Waals surface area contributed by atoms with Gasteiger partial charge in [0.1, 0.15) is 6.67 Å². The van der Waals surface area contributed by atoms with Crippen molar-refractivity contribution in [1.29, 1.82) is 0 Å². The summed E-state index contributed by atoms with van der Waals surface area (Å²) in [4.78, 5) is 12.2. The van der Waals surface area contributed by atoms with Gasteiger partial charge < -0.3 is 0 Å². The van der Waals surface area contributed by atoms with E-state index >= 15 is 0 Å². The minimum atomic E-state index is -1.16. The highest BCUT2D eigenvalue weighted by Gasteiger charge is 1.98. The molecule has 7 heavy (non-hydrogen) atoms. The Balaban J connectivity index is 3.00. The highest BCUT2D eigenvalue weighted by Crippen LogP contribution is 1.85. The molecule has 0 saturated heterocycles. The van der Waals surface area contributed by atoms with Crippen molar-refractivity contribution >= 4 is 5.97 Å². The standard InChI is InChI=1S/C3H4F2O2/c4-2-1-3(6)7-5/h1-2H2. The average molecular weight is 110 g/mol. The van der Waals surface area contributed by atoms with Gasteiger partial charge in [-0.1, -0.05) is 0 Å². The van der Waals surface area contributed by atoms with Crippen LogP contribution in [-0.4, -0.2) is 12.6 Å². The molecule has 0 saturated carbocycles. The molecule has 0 aromatic rings. The summed E-state index contributed by atoms with van der Waals surface area (Å²) in [6.45, 7) is -0.872. The van der Waals surface area contributed by atoms with Crippen LogP contribution in [0.4, 0.5) is 8.92 Å². The molecule has 0 rings (SSSR count). The fourth-order valence-electron chi connectivity index (χ4n) is 0.116. The quantitative estimate of drug-likeness (QED) is 0.524. The fourth-order valence-corrected chi connectivity index (χ4v) is 0.116. The number of hydrogen-bond acceptors (Lipinski definition) is 2. The van der Waals surface area contributed by atoms with Crippen LogP contribution in [0.15, 0.2) is 0 Å². The number of halogens is 2. The Hall–Kier alpha value is -0.670.